The first kappa shape index (κ1) is 13.0. The number of carbonyl (C=O) groups is 1. The van der Waals surface area contributed by atoms with Crippen LogP contribution in [-0.2, 0) is 14.4 Å². The van der Waals surface area contributed by atoms with Crippen LogP contribution in [0.3, 0.4) is 0 Å². The lowest BCUT2D eigenvalue weighted by molar-refractivity contribution is -0.187. The first-order chi connectivity index (χ1) is 10.3. The second-order valence-corrected chi connectivity index (χ2v) is 5.99. The Morgan fingerprint density at radius 2 is 2.00 bits per heavy atom. The Kier molecular flexibility index (Phi) is 3.28. The van der Waals surface area contributed by atoms with Gasteiger partial charge in [0.15, 0.2) is 0 Å². The molecule has 1 saturated carbocycles. The van der Waals surface area contributed by atoms with E-state index in [2.05, 4.69) is 18.2 Å². The minimum Gasteiger partial charge on any atom is -0.461 e. The van der Waals surface area contributed by atoms with Gasteiger partial charge in [0.1, 0.15) is 12.1 Å². The molecule has 0 unspecified atom stereocenters. The summed E-state index contributed by atoms with van der Waals surface area (Å²) in [5, 5.41) is 1.82. The van der Waals surface area contributed by atoms with Crippen molar-refractivity contribution in [2.75, 3.05) is 6.54 Å². The zero-order chi connectivity index (χ0) is 14.2. The molecule has 0 aromatic heterocycles. The van der Waals surface area contributed by atoms with E-state index < -0.39 is 0 Å². The fourth-order valence-corrected chi connectivity index (χ4v) is 3.75. The number of rotatable bonds is 3. The van der Waals surface area contributed by atoms with Gasteiger partial charge in [-0.25, -0.2) is 0 Å². The van der Waals surface area contributed by atoms with E-state index in [0.717, 1.165) is 24.8 Å². The zero-order valence-electron chi connectivity index (χ0n) is 11.9. The molecule has 1 aliphatic carbocycles. The molecule has 4 atom stereocenters. The van der Waals surface area contributed by atoms with E-state index in [4.69, 9.17) is 9.57 Å². The molecule has 0 N–H and O–H groups in total. The largest absolute Gasteiger partial charge is 0.461 e. The molecule has 2 saturated heterocycles. The molecule has 1 aromatic carbocycles. The molecule has 4 rings (SSSR count). The van der Waals surface area contributed by atoms with E-state index in [-0.39, 0.29) is 30.1 Å². The number of esters is 1. The number of nitrogens with zero attached hydrogens (tertiary/aromatic N) is 1. The highest BCUT2D eigenvalue weighted by Gasteiger charge is 2.58. The van der Waals surface area contributed by atoms with Crippen LogP contribution in [0.1, 0.15) is 24.8 Å². The Bertz CT molecular complexity index is 556. The Morgan fingerprint density at radius 1 is 1.19 bits per heavy atom. The van der Waals surface area contributed by atoms with Gasteiger partial charge in [0.25, 0.3) is 0 Å². The second kappa shape index (κ2) is 5.28. The average Bonchev–Trinajstić information content (AvgIpc) is 3.04. The molecular formula is C17H19NO3. The SMILES string of the molecule is O=C1O[C@H]2CCC[C@H]3ON(C/C=C/c4ccccc4)[C@@H]1[C@@H]23. The number of carbonyl (C=O) groups excluding carboxylic acids is 1. The van der Waals surface area contributed by atoms with Gasteiger partial charge >= 0.3 is 5.97 Å². The molecule has 0 radical (unpaired) electrons. The Labute approximate surface area is 124 Å². The van der Waals surface area contributed by atoms with Crippen molar-refractivity contribution in [2.45, 2.75) is 37.5 Å². The smallest absolute Gasteiger partial charge is 0.326 e. The van der Waals surface area contributed by atoms with Gasteiger partial charge in [0, 0.05) is 6.54 Å². The highest BCUT2D eigenvalue weighted by atomic mass is 16.7. The van der Waals surface area contributed by atoms with Gasteiger partial charge in [-0.3, -0.25) is 9.63 Å². The van der Waals surface area contributed by atoms with E-state index in [0.29, 0.717) is 6.54 Å². The molecule has 21 heavy (non-hydrogen) atoms. The van der Waals surface area contributed by atoms with Gasteiger partial charge in [0.05, 0.1) is 12.0 Å². The zero-order valence-corrected chi connectivity index (χ0v) is 11.9. The van der Waals surface area contributed by atoms with E-state index in [1.807, 2.05) is 29.3 Å². The maximum atomic E-state index is 12.1. The van der Waals surface area contributed by atoms with Crippen LogP contribution in [-0.4, -0.2) is 35.8 Å². The summed E-state index contributed by atoms with van der Waals surface area (Å²) in [6, 6.07) is 9.93. The van der Waals surface area contributed by atoms with Gasteiger partial charge in [0.2, 0.25) is 0 Å². The van der Waals surface area contributed by atoms with Gasteiger partial charge in [-0.15, -0.1) is 0 Å². The normalized spacial score (nSPS) is 35.1. The van der Waals surface area contributed by atoms with Crippen molar-refractivity contribution >= 4 is 12.0 Å². The predicted molar refractivity (Wildman–Crippen MR) is 78.1 cm³/mol. The Balaban J connectivity index is 1.46. The molecule has 0 bridgehead atoms. The van der Waals surface area contributed by atoms with Crippen LogP contribution in [0.4, 0.5) is 0 Å². The summed E-state index contributed by atoms with van der Waals surface area (Å²) in [5.74, 6) is 0.124. The molecule has 110 valence electrons. The maximum absolute atomic E-state index is 12.1. The number of ether oxygens (including phenoxy) is 1. The van der Waals surface area contributed by atoms with Crippen LogP contribution >= 0.6 is 0 Å². The first-order valence-electron chi connectivity index (χ1n) is 7.68. The minimum absolute atomic E-state index is 0.0735. The summed E-state index contributed by atoms with van der Waals surface area (Å²) >= 11 is 0. The van der Waals surface area contributed by atoms with Crippen molar-refractivity contribution in [3.63, 3.8) is 0 Å². The van der Waals surface area contributed by atoms with Crippen molar-refractivity contribution in [3.05, 3.63) is 42.0 Å². The first-order valence-corrected chi connectivity index (χ1v) is 7.68. The van der Waals surface area contributed by atoms with Crippen LogP contribution in [0.2, 0.25) is 0 Å². The molecule has 3 fully saturated rings. The van der Waals surface area contributed by atoms with E-state index in [1.165, 1.54) is 0 Å². The third kappa shape index (κ3) is 2.28. The van der Waals surface area contributed by atoms with Crippen molar-refractivity contribution < 1.29 is 14.4 Å². The number of benzene rings is 1. The van der Waals surface area contributed by atoms with Crippen molar-refractivity contribution in [2.24, 2.45) is 5.92 Å². The molecule has 3 aliphatic rings. The van der Waals surface area contributed by atoms with Crippen LogP contribution < -0.4 is 0 Å². The molecule has 1 aromatic rings. The monoisotopic (exact) mass is 285 g/mol. The van der Waals surface area contributed by atoms with Crippen molar-refractivity contribution in [1.29, 1.82) is 0 Å². The van der Waals surface area contributed by atoms with E-state index in [9.17, 15) is 4.79 Å². The average molecular weight is 285 g/mol. The number of hydrogen-bond acceptors (Lipinski definition) is 4. The van der Waals surface area contributed by atoms with Crippen LogP contribution in [0.5, 0.6) is 0 Å². The van der Waals surface area contributed by atoms with E-state index >= 15 is 0 Å². The summed E-state index contributed by atoms with van der Waals surface area (Å²) in [7, 11) is 0. The lowest BCUT2D eigenvalue weighted by Crippen LogP contribution is -2.36. The van der Waals surface area contributed by atoms with Gasteiger partial charge in [-0.1, -0.05) is 42.5 Å². The predicted octanol–water partition coefficient (Wildman–Crippen LogP) is 2.41. The molecular weight excluding hydrogens is 266 g/mol. The third-order valence-electron chi connectivity index (χ3n) is 4.69. The molecule has 0 spiro atoms. The number of hydroxylamine groups is 2. The minimum atomic E-state index is -0.208. The topological polar surface area (TPSA) is 38.8 Å². The maximum Gasteiger partial charge on any atom is 0.326 e. The summed E-state index contributed by atoms with van der Waals surface area (Å²) in [6.45, 7) is 0.619. The number of hydrogen-bond donors (Lipinski definition) is 0. The quantitative estimate of drug-likeness (QED) is 0.799. The Morgan fingerprint density at radius 3 is 2.86 bits per heavy atom. The Hall–Kier alpha value is -1.65. The standard InChI is InChI=1S/C17H19NO3/c19-17-16-15-13(20-17)9-4-10-14(15)21-18(16)11-5-8-12-6-2-1-3-7-12/h1-3,5-8,13-16H,4,9-11H2/b8-5+/t13-,14+,15-,16+/m0/s1. The van der Waals surface area contributed by atoms with Crippen molar-refractivity contribution in [1.82, 2.24) is 5.06 Å². The lowest BCUT2D eigenvalue weighted by atomic mass is 9.82. The lowest BCUT2D eigenvalue weighted by Gasteiger charge is -2.26. The summed E-state index contributed by atoms with van der Waals surface area (Å²) < 4.78 is 5.51. The second-order valence-electron chi connectivity index (χ2n) is 5.99. The molecule has 4 nitrogen and oxygen atoms in total. The molecule has 4 heteroatoms. The summed E-state index contributed by atoms with van der Waals surface area (Å²) in [6.07, 6.45) is 7.44. The van der Waals surface area contributed by atoms with Crippen LogP contribution in [0.25, 0.3) is 6.08 Å². The molecule has 0 amide bonds. The molecule has 2 aliphatic heterocycles. The van der Waals surface area contributed by atoms with Crippen LogP contribution in [0, 0.1) is 5.92 Å². The van der Waals surface area contributed by atoms with Crippen LogP contribution in [0.15, 0.2) is 36.4 Å². The summed E-state index contributed by atoms with van der Waals surface area (Å²) in [4.78, 5) is 18.1. The highest BCUT2D eigenvalue weighted by Crippen LogP contribution is 2.44. The van der Waals surface area contributed by atoms with Gasteiger partial charge < -0.3 is 4.74 Å². The molecule has 2 heterocycles. The van der Waals surface area contributed by atoms with Crippen molar-refractivity contribution in [3.8, 4) is 0 Å². The third-order valence-corrected chi connectivity index (χ3v) is 4.69. The fraction of sp³-hybridized carbons (Fsp3) is 0.471. The van der Waals surface area contributed by atoms with Gasteiger partial charge in [-0.05, 0) is 24.8 Å². The summed E-state index contributed by atoms with van der Waals surface area (Å²) in [5.41, 5.74) is 1.15. The van der Waals surface area contributed by atoms with Gasteiger partial charge in [-0.2, -0.15) is 5.06 Å². The fourth-order valence-electron chi connectivity index (χ4n) is 3.75. The van der Waals surface area contributed by atoms with E-state index in [1.54, 1.807) is 0 Å². The highest BCUT2D eigenvalue weighted by molar-refractivity contribution is 5.79.